The van der Waals surface area contributed by atoms with Crippen LogP contribution in [-0.2, 0) is 0 Å². The first kappa shape index (κ1) is 15.3. The molecule has 0 aliphatic carbocycles. The van der Waals surface area contributed by atoms with Crippen LogP contribution < -0.4 is 10.2 Å². The first-order valence-corrected chi connectivity index (χ1v) is 8.67. The molecule has 0 aromatic heterocycles. The molecule has 116 valence electrons. The Balaban J connectivity index is 1.72. The fraction of sp³-hybridized carbons (Fsp3) is 0.333. The van der Waals surface area contributed by atoms with E-state index in [1.54, 1.807) is 0 Å². The molecule has 0 radical (unpaired) electrons. The number of nitrogens with one attached hydrogen (secondary N) is 1. The van der Waals surface area contributed by atoms with Gasteiger partial charge in [0.1, 0.15) is 0 Å². The van der Waals surface area contributed by atoms with E-state index in [1.165, 1.54) is 10.5 Å². The van der Waals surface area contributed by atoms with Crippen molar-refractivity contribution in [2.24, 2.45) is 0 Å². The van der Waals surface area contributed by atoms with Gasteiger partial charge in [0.15, 0.2) is 0 Å². The van der Waals surface area contributed by atoms with Gasteiger partial charge >= 0.3 is 0 Å². The molecule has 4 heteroatoms. The minimum atomic E-state index is 0.174. The molecule has 3 rings (SSSR count). The zero-order valence-electron chi connectivity index (χ0n) is 12.8. The molecule has 1 aliphatic heterocycles. The van der Waals surface area contributed by atoms with E-state index in [1.807, 2.05) is 18.8 Å². The van der Waals surface area contributed by atoms with Crippen molar-refractivity contribution in [2.45, 2.75) is 17.4 Å². The van der Waals surface area contributed by atoms with Crippen LogP contribution in [-0.4, -0.2) is 31.1 Å². The summed E-state index contributed by atoms with van der Waals surface area (Å²) < 4.78 is 0. The highest BCUT2D eigenvalue weighted by Gasteiger charge is 2.19. The van der Waals surface area contributed by atoms with Crippen molar-refractivity contribution in [1.82, 2.24) is 0 Å². The van der Waals surface area contributed by atoms with Crippen LogP contribution in [0.25, 0.3) is 0 Å². The average molecular weight is 314 g/mol. The molecule has 1 heterocycles. The van der Waals surface area contributed by atoms with Crippen LogP contribution in [0.3, 0.4) is 0 Å². The van der Waals surface area contributed by atoms with E-state index in [2.05, 4.69) is 58.7 Å². The van der Waals surface area contributed by atoms with Crippen LogP contribution in [0.15, 0.2) is 53.4 Å². The number of fused-ring (bicyclic) bond motifs is 1. The lowest BCUT2D eigenvalue weighted by atomic mass is 10.0. The Labute approximate surface area is 136 Å². The Kier molecular flexibility index (Phi) is 4.90. The Morgan fingerprint density at radius 1 is 1.18 bits per heavy atom. The molecule has 0 bridgehead atoms. The second kappa shape index (κ2) is 7.07. The summed E-state index contributed by atoms with van der Waals surface area (Å²) in [4.78, 5) is 3.45. The third-order valence-corrected chi connectivity index (χ3v) is 5.17. The van der Waals surface area contributed by atoms with E-state index < -0.39 is 0 Å². The van der Waals surface area contributed by atoms with Crippen molar-refractivity contribution in [2.75, 3.05) is 36.2 Å². The normalized spacial score (nSPS) is 16.9. The molecule has 1 atom stereocenters. The lowest BCUT2D eigenvalue weighted by molar-refractivity contribution is 0.304. The van der Waals surface area contributed by atoms with Gasteiger partial charge in [0.2, 0.25) is 0 Å². The minimum absolute atomic E-state index is 0.174. The molecule has 0 spiro atoms. The molecule has 3 nitrogen and oxygen atoms in total. The lowest BCUT2D eigenvalue weighted by Crippen LogP contribution is -2.21. The lowest BCUT2D eigenvalue weighted by Gasteiger charge is -2.27. The van der Waals surface area contributed by atoms with Gasteiger partial charge in [0.05, 0.1) is 12.6 Å². The molecule has 0 saturated heterocycles. The monoisotopic (exact) mass is 314 g/mol. The van der Waals surface area contributed by atoms with E-state index in [4.69, 9.17) is 5.11 Å². The number of hydrogen-bond acceptors (Lipinski definition) is 4. The van der Waals surface area contributed by atoms with Crippen LogP contribution in [0.5, 0.6) is 0 Å². The largest absolute Gasteiger partial charge is 0.395 e. The minimum Gasteiger partial charge on any atom is -0.395 e. The molecule has 2 N–H and O–H groups in total. The summed E-state index contributed by atoms with van der Waals surface area (Å²) in [5, 5.41) is 12.7. The van der Waals surface area contributed by atoms with Gasteiger partial charge in [-0.25, -0.2) is 0 Å². The number of nitrogens with zero attached hydrogens (tertiary/aromatic N) is 1. The summed E-state index contributed by atoms with van der Waals surface area (Å²) in [7, 11) is 1.99. The summed E-state index contributed by atoms with van der Waals surface area (Å²) in [5.41, 5.74) is 3.67. The summed E-state index contributed by atoms with van der Waals surface area (Å²) in [5.74, 6) is 1.16. The van der Waals surface area contributed by atoms with Gasteiger partial charge in [-0.2, -0.15) is 0 Å². The van der Waals surface area contributed by atoms with Crippen molar-refractivity contribution in [3.63, 3.8) is 0 Å². The van der Waals surface area contributed by atoms with E-state index in [9.17, 15) is 0 Å². The first-order valence-electron chi connectivity index (χ1n) is 7.68. The van der Waals surface area contributed by atoms with Crippen LogP contribution in [0.2, 0.25) is 0 Å². The summed E-state index contributed by atoms with van der Waals surface area (Å²) in [6, 6.07) is 17.5. The van der Waals surface area contributed by atoms with Crippen molar-refractivity contribution in [3.8, 4) is 0 Å². The fourth-order valence-electron chi connectivity index (χ4n) is 2.78. The molecule has 0 amide bonds. The van der Waals surface area contributed by atoms with Gasteiger partial charge < -0.3 is 15.3 Å². The predicted octanol–water partition coefficient (Wildman–Crippen LogP) is 3.76. The topological polar surface area (TPSA) is 35.5 Å². The Hall–Kier alpha value is -1.65. The highest BCUT2D eigenvalue weighted by atomic mass is 32.2. The third-order valence-electron chi connectivity index (χ3n) is 4.04. The van der Waals surface area contributed by atoms with Gasteiger partial charge in [-0.1, -0.05) is 18.2 Å². The van der Waals surface area contributed by atoms with Crippen LogP contribution in [0.4, 0.5) is 11.4 Å². The second-order valence-electron chi connectivity index (χ2n) is 5.56. The summed E-state index contributed by atoms with van der Waals surface area (Å²) in [6.07, 6.45) is 1.15. The first-order chi connectivity index (χ1) is 10.8. The molecule has 0 saturated carbocycles. The highest BCUT2D eigenvalue weighted by molar-refractivity contribution is 7.99. The van der Waals surface area contributed by atoms with Crippen molar-refractivity contribution in [1.29, 1.82) is 0 Å². The van der Waals surface area contributed by atoms with E-state index in [0.29, 0.717) is 12.6 Å². The third kappa shape index (κ3) is 3.39. The van der Waals surface area contributed by atoms with E-state index >= 15 is 0 Å². The molecular weight excluding hydrogens is 292 g/mol. The maximum absolute atomic E-state index is 9.01. The maximum atomic E-state index is 9.01. The number of hydrogen-bond donors (Lipinski definition) is 2. The SMILES string of the molecule is CN(CCO)c1ccc(NC2CCSc3ccccc32)cc1. The van der Waals surface area contributed by atoms with Gasteiger partial charge in [-0.15, -0.1) is 11.8 Å². The number of thioether (sulfide) groups is 1. The van der Waals surface area contributed by atoms with Crippen LogP contribution in [0, 0.1) is 0 Å². The molecule has 22 heavy (non-hydrogen) atoms. The quantitative estimate of drug-likeness (QED) is 0.881. The van der Waals surface area contributed by atoms with Gasteiger partial charge in [0, 0.05) is 35.6 Å². The smallest absolute Gasteiger partial charge is 0.0606 e. The van der Waals surface area contributed by atoms with E-state index in [0.717, 1.165) is 23.5 Å². The number of rotatable bonds is 5. The second-order valence-corrected chi connectivity index (χ2v) is 6.70. The molecule has 2 aromatic carbocycles. The highest BCUT2D eigenvalue weighted by Crippen LogP contribution is 2.37. The molecule has 1 aliphatic rings. The number of benzene rings is 2. The number of aliphatic hydroxyl groups excluding tert-OH is 1. The van der Waals surface area contributed by atoms with Crippen molar-refractivity contribution < 1.29 is 5.11 Å². The maximum Gasteiger partial charge on any atom is 0.0606 e. The standard InChI is InChI=1S/C18H22N2OS/c1-20(11-12-21)15-8-6-14(7-9-15)19-17-10-13-22-18-5-3-2-4-16(17)18/h2-9,17,19,21H,10-13H2,1H3. The average Bonchev–Trinajstić information content (AvgIpc) is 2.56. The zero-order valence-corrected chi connectivity index (χ0v) is 13.6. The number of anilines is 2. The summed E-state index contributed by atoms with van der Waals surface area (Å²) >= 11 is 1.94. The number of aliphatic hydroxyl groups is 1. The Bertz CT molecular complexity index is 615. The zero-order chi connectivity index (χ0) is 15.4. The fourth-order valence-corrected chi connectivity index (χ4v) is 3.91. The Morgan fingerprint density at radius 3 is 2.73 bits per heavy atom. The van der Waals surface area contributed by atoms with Crippen LogP contribution in [0.1, 0.15) is 18.0 Å². The van der Waals surface area contributed by atoms with Gasteiger partial charge in [-0.05, 0) is 42.3 Å². The van der Waals surface area contributed by atoms with Crippen molar-refractivity contribution >= 4 is 23.1 Å². The van der Waals surface area contributed by atoms with Gasteiger partial charge in [-0.3, -0.25) is 0 Å². The number of likely N-dealkylation sites (N-methyl/N-ethyl adjacent to an activating group) is 1. The predicted molar refractivity (Wildman–Crippen MR) is 94.9 cm³/mol. The molecule has 0 fully saturated rings. The van der Waals surface area contributed by atoms with Gasteiger partial charge in [0.25, 0.3) is 0 Å². The Morgan fingerprint density at radius 2 is 1.95 bits per heavy atom. The molecule has 1 unspecified atom stereocenters. The summed E-state index contributed by atoms with van der Waals surface area (Å²) in [6.45, 7) is 0.826. The van der Waals surface area contributed by atoms with Crippen molar-refractivity contribution in [3.05, 3.63) is 54.1 Å². The van der Waals surface area contributed by atoms with Crippen LogP contribution >= 0.6 is 11.8 Å². The molecular formula is C18H22N2OS. The molecule has 2 aromatic rings. The van der Waals surface area contributed by atoms with E-state index in [-0.39, 0.29) is 6.61 Å².